The van der Waals surface area contributed by atoms with Gasteiger partial charge in [-0.1, -0.05) is 0 Å². The minimum Gasteiger partial charge on any atom is -0.466 e. The quantitative estimate of drug-likeness (QED) is 0.541. The van der Waals surface area contributed by atoms with E-state index < -0.39 is 11.8 Å². The standard InChI is InChI=1S/C12H18O5/c1-3-15-11(13)7-5-9-10(17-9)6-8(7)12(14)16-4-2/h7-10H,3-6H2,1-2H3/t7-,8-,9-,10-/m0/s1. The van der Waals surface area contributed by atoms with Crippen molar-refractivity contribution in [1.82, 2.24) is 0 Å². The minimum atomic E-state index is -0.405. The molecule has 0 amide bonds. The van der Waals surface area contributed by atoms with E-state index in [1.807, 2.05) is 0 Å². The number of hydrogen-bond donors (Lipinski definition) is 0. The van der Waals surface area contributed by atoms with E-state index in [1.54, 1.807) is 13.8 Å². The van der Waals surface area contributed by atoms with Crippen molar-refractivity contribution in [2.45, 2.75) is 38.9 Å². The highest BCUT2D eigenvalue weighted by molar-refractivity contribution is 5.82. The van der Waals surface area contributed by atoms with Crippen molar-refractivity contribution in [3.05, 3.63) is 0 Å². The second-order valence-electron chi connectivity index (χ2n) is 4.40. The molecule has 1 saturated carbocycles. The first-order valence-electron chi connectivity index (χ1n) is 6.16. The summed E-state index contributed by atoms with van der Waals surface area (Å²) in [5, 5.41) is 0. The maximum atomic E-state index is 11.8. The van der Waals surface area contributed by atoms with Gasteiger partial charge in [0.2, 0.25) is 0 Å². The summed E-state index contributed by atoms with van der Waals surface area (Å²) in [5.41, 5.74) is 0. The molecular formula is C12H18O5. The number of carbonyl (C=O) groups is 2. The summed E-state index contributed by atoms with van der Waals surface area (Å²) in [4.78, 5) is 23.6. The summed E-state index contributed by atoms with van der Waals surface area (Å²) in [6, 6.07) is 0. The van der Waals surface area contributed by atoms with Crippen LogP contribution in [0.25, 0.3) is 0 Å². The molecule has 0 spiro atoms. The van der Waals surface area contributed by atoms with E-state index >= 15 is 0 Å². The smallest absolute Gasteiger partial charge is 0.309 e. The van der Waals surface area contributed by atoms with Crippen LogP contribution in [0.15, 0.2) is 0 Å². The van der Waals surface area contributed by atoms with Crippen LogP contribution in [-0.2, 0) is 23.8 Å². The molecule has 96 valence electrons. The van der Waals surface area contributed by atoms with Gasteiger partial charge in [-0.15, -0.1) is 0 Å². The second kappa shape index (κ2) is 5.04. The fraction of sp³-hybridized carbons (Fsp3) is 0.833. The molecule has 4 atom stereocenters. The zero-order chi connectivity index (χ0) is 12.4. The summed E-state index contributed by atoms with van der Waals surface area (Å²) in [6.45, 7) is 4.19. The number of esters is 2. The van der Waals surface area contributed by atoms with Crippen LogP contribution < -0.4 is 0 Å². The molecule has 2 aliphatic rings. The fourth-order valence-electron chi connectivity index (χ4n) is 2.44. The largest absolute Gasteiger partial charge is 0.466 e. The molecule has 1 aliphatic carbocycles. The lowest BCUT2D eigenvalue weighted by atomic mass is 9.79. The summed E-state index contributed by atoms with van der Waals surface area (Å²) >= 11 is 0. The number of fused-ring (bicyclic) bond motifs is 1. The summed E-state index contributed by atoms with van der Waals surface area (Å²) in [5.74, 6) is -1.42. The van der Waals surface area contributed by atoms with Gasteiger partial charge in [0, 0.05) is 0 Å². The summed E-state index contributed by atoms with van der Waals surface area (Å²) in [6.07, 6.45) is 1.42. The Kier molecular flexibility index (Phi) is 3.66. The van der Waals surface area contributed by atoms with E-state index in [0.717, 1.165) is 0 Å². The maximum absolute atomic E-state index is 11.8. The molecule has 2 fully saturated rings. The maximum Gasteiger partial charge on any atom is 0.309 e. The van der Waals surface area contributed by atoms with Crippen LogP contribution in [-0.4, -0.2) is 37.4 Å². The monoisotopic (exact) mass is 242 g/mol. The zero-order valence-corrected chi connectivity index (χ0v) is 10.2. The topological polar surface area (TPSA) is 65.1 Å². The third-order valence-electron chi connectivity index (χ3n) is 3.32. The fourth-order valence-corrected chi connectivity index (χ4v) is 2.44. The van der Waals surface area contributed by atoms with Crippen molar-refractivity contribution >= 4 is 11.9 Å². The van der Waals surface area contributed by atoms with Gasteiger partial charge >= 0.3 is 11.9 Å². The number of epoxide rings is 1. The average molecular weight is 242 g/mol. The number of hydrogen-bond acceptors (Lipinski definition) is 5. The van der Waals surface area contributed by atoms with Crippen LogP contribution in [0.4, 0.5) is 0 Å². The van der Waals surface area contributed by atoms with Crippen molar-refractivity contribution in [2.75, 3.05) is 13.2 Å². The normalized spacial score (nSPS) is 34.7. The average Bonchev–Trinajstić information content (AvgIpc) is 3.06. The Balaban J connectivity index is 2.03. The van der Waals surface area contributed by atoms with Crippen molar-refractivity contribution in [3.8, 4) is 0 Å². The lowest BCUT2D eigenvalue weighted by Crippen LogP contribution is -2.37. The predicted molar refractivity (Wildman–Crippen MR) is 58.1 cm³/mol. The SMILES string of the molecule is CCOC(=O)[C@H]1C[C@@H]2O[C@H]2C[C@@H]1C(=O)OCC. The third-order valence-corrected chi connectivity index (χ3v) is 3.32. The Labute approximate surface area is 100 Å². The number of ether oxygens (including phenoxy) is 3. The Morgan fingerprint density at radius 3 is 1.76 bits per heavy atom. The van der Waals surface area contributed by atoms with E-state index in [2.05, 4.69) is 0 Å². The summed E-state index contributed by atoms with van der Waals surface area (Å²) in [7, 11) is 0. The molecule has 0 radical (unpaired) electrons. The third kappa shape index (κ3) is 2.60. The molecule has 0 aromatic heterocycles. The van der Waals surface area contributed by atoms with E-state index in [4.69, 9.17) is 14.2 Å². The number of carbonyl (C=O) groups excluding carboxylic acids is 2. The highest BCUT2D eigenvalue weighted by Gasteiger charge is 2.53. The zero-order valence-electron chi connectivity index (χ0n) is 10.2. The Bertz CT molecular complexity index is 284. The molecule has 2 rings (SSSR count). The lowest BCUT2D eigenvalue weighted by Gasteiger charge is -2.25. The minimum absolute atomic E-state index is 0.134. The van der Waals surface area contributed by atoms with Crippen LogP contribution >= 0.6 is 0 Å². The van der Waals surface area contributed by atoms with Crippen molar-refractivity contribution < 1.29 is 23.8 Å². The van der Waals surface area contributed by atoms with Gasteiger partial charge in [-0.05, 0) is 26.7 Å². The second-order valence-corrected chi connectivity index (χ2v) is 4.40. The highest BCUT2D eigenvalue weighted by atomic mass is 16.6. The Morgan fingerprint density at radius 2 is 1.41 bits per heavy atom. The Morgan fingerprint density at radius 1 is 1.00 bits per heavy atom. The molecule has 1 aliphatic heterocycles. The Hall–Kier alpha value is -1.10. The number of rotatable bonds is 4. The predicted octanol–water partition coefficient (Wildman–Crippen LogP) is 0.906. The highest BCUT2D eigenvalue weighted by Crippen LogP contribution is 2.43. The molecule has 1 saturated heterocycles. The van der Waals surface area contributed by atoms with Gasteiger partial charge in [0.1, 0.15) is 0 Å². The van der Waals surface area contributed by atoms with E-state index in [0.29, 0.717) is 26.1 Å². The molecule has 0 aromatic carbocycles. The van der Waals surface area contributed by atoms with Gasteiger partial charge in [-0.25, -0.2) is 0 Å². The van der Waals surface area contributed by atoms with Crippen LogP contribution in [0.5, 0.6) is 0 Å². The van der Waals surface area contributed by atoms with Gasteiger partial charge in [0.15, 0.2) is 0 Å². The van der Waals surface area contributed by atoms with E-state index in [-0.39, 0.29) is 24.1 Å². The van der Waals surface area contributed by atoms with Gasteiger partial charge in [0.05, 0.1) is 37.3 Å². The van der Waals surface area contributed by atoms with Crippen LogP contribution in [0.3, 0.4) is 0 Å². The molecule has 17 heavy (non-hydrogen) atoms. The first kappa shape index (κ1) is 12.4. The van der Waals surface area contributed by atoms with Crippen LogP contribution in [0.1, 0.15) is 26.7 Å². The first-order valence-corrected chi connectivity index (χ1v) is 6.16. The van der Waals surface area contributed by atoms with E-state index in [9.17, 15) is 9.59 Å². The lowest BCUT2D eigenvalue weighted by molar-refractivity contribution is -0.161. The molecule has 5 heteroatoms. The molecule has 5 nitrogen and oxygen atoms in total. The molecule has 0 bridgehead atoms. The summed E-state index contributed by atoms with van der Waals surface area (Å²) < 4.78 is 15.4. The van der Waals surface area contributed by atoms with Crippen LogP contribution in [0.2, 0.25) is 0 Å². The first-order chi connectivity index (χ1) is 8.17. The van der Waals surface area contributed by atoms with Crippen LogP contribution in [0, 0.1) is 11.8 Å². The van der Waals surface area contributed by atoms with Gasteiger partial charge in [-0.2, -0.15) is 0 Å². The molecule has 0 unspecified atom stereocenters. The van der Waals surface area contributed by atoms with Gasteiger partial charge in [-0.3, -0.25) is 9.59 Å². The molecule has 0 aromatic rings. The van der Waals surface area contributed by atoms with Gasteiger partial charge in [0.25, 0.3) is 0 Å². The van der Waals surface area contributed by atoms with Crippen molar-refractivity contribution in [3.63, 3.8) is 0 Å². The van der Waals surface area contributed by atoms with Gasteiger partial charge < -0.3 is 14.2 Å². The molecule has 1 heterocycles. The molecular weight excluding hydrogens is 224 g/mol. The van der Waals surface area contributed by atoms with E-state index in [1.165, 1.54) is 0 Å². The van der Waals surface area contributed by atoms with Crippen molar-refractivity contribution in [1.29, 1.82) is 0 Å². The molecule has 0 N–H and O–H groups in total. The van der Waals surface area contributed by atoms with Crippen molar-refractivity contribution in [2.24, 2.45) is 11.8 Å².